The van der Waals surface area contributed by atoms with Gasteiger partial charge in [0.1, 0.15) is 17.7 Å². The van der Waals surface area contributed by atoms with Crippen LogP contribution in [0, 0.1) is 5.41 Å². The second-order valence-corrected chi connectivity index (χ2v) is 12.0. The molecule has 0 spiro atoms. The molecule has 0 radical (unpaired) electrons. The fraction of sp³-hybridized carbons (Fsp3) is 0.407. The number of aliphatic carboxylic acids is 1. The van der Waals surface area contributed by atoms with Crippen molar-refractivity contribution in [2.45, 2.75) is 48.0 Å². The molecule has 2 rings (SSSR count). The highest BCUT2D eigenvalue weighted by molar-refractivity contribution is 7.89. The molecule has 0 heterocycles. The van der Waals surface area contributed by atoms with Gasteiger partial charge in [0.05, 0.1) is 17.5 Å². The number of benzene rings is 2. The van der Waals surface area contributed by atoms with Gasteiger partial charge in [0.2, 0.25) is 21.8 Å². The van der Waals surface area contributed by atoms with Crippen molar-refractivity contribution in [1.82, 2.24) is 20.7 Å². The first kappa shape index (κ1) is 35.9. The first-order valence-electron chi connectivity index (χ1n) is 13.4. The van der Waals surface area contributed by atoms with Gasteiger partial charge in [-0.1, -0.05) is 24.3 Å². The van der Waals surface area contributed by atoms with E-state index in [1.165, 1.54) is 6.07 Å². The molecule has 0 aliphatic heterocycles. The van der Waals surface area contributed by atoms with E-state index in [9.17, 15) is 32.4 Å². The van der Waals surface area contributed by atoms with Gasteiger partial charge in [-0.25, -0.2) is 8.42 Å². The van der Waals surface area contributed by atoms with Crippen LogP contribution in [0.1, 0.15) is 25.7 Å². The summed E-state index contributed by atoms with van der Waals surface area (Å²) in [5, 5.41) is 23.0. The van der Waals surface area contributed by atoms with E-state index in [0.717, 1.165) is 5.69 Å². The summed E-state index contributed by atoms with van der Waals surface area (Å²) in [5.74, 6) is -4.18. The van der Waals surface area contributed by atoms with Crippen LogP contribution >= 0.6 is 11.6 Å². The predicted octanol–water partition coefficient (Wildman–Crippen LogP) is -0.343. The molecule has 44 heavy (non-hydrogen) atoms. The third-order valence-corrected chi connectivity index (χ3v) is 8.22. The Morgan fingerprint density at radius 2 is 1.70 bits per heavy atom. The van der Waals surface area contributed by atoms with Gasteiger partial charge in [0.25, 0.3) is 0 Å². The molecule has 15 nitrogen and oxygen atoms in total. The molecule has 2 amide bonds. The van der Waals surface area contributed by atoms with E-state index in [4.69, 9.17) is 27.9 Å². The van der Waals surface area contributed by atoms with Crippen molar-refractivity contribution in [3.8, 4) is 0 Å². The van der Waals surface area contributed by atoms with Gasteiger partial charge in [-0.3, -0.25) is 24.6 Å². The Hall–Kier alpha value is -4.28. The van der Waals surface area contributed by atoms with Crippen molar-refractivity contribution in [2.75, 3.05) is 32.1 Å². The van der Waals surface area contributed by atoms with Crippen LogP contribution in [0.15, 0.2) is 41.3 Å². The molecule has 3 atom stereocenters. The zero-order chi connectivity index (χ0) is 33.0. The molecule has 0 fully saturated rings. The Bertz CT molecular complexity index is 1500. The van der Waals surface area contributed by atoms with Gasteiger partial charge in [-0.05, 0) is 31.4 Å². The number of hydrogen-bond donors (Lipinski definition) is 7. The summed E-state index contributed by atoms with van der Waals surface area (Å²) >= 11 is 5.74. The van der Waals surface area contributed by atoms with Crippen LogP contribution in [-0.2, 0) is 34.0 Å². The van der Waals surface area contributed by atoms with E-state index in [0.29, 0.717) is 10.8 Å². The van der Waals surface area contributed by atoms with Crippen molar-refractivity contribution in [1.29, 1.82) is 5.41 Å². The van der Waals surface area contributed by atoms with Crippen LogP contribution in [0.3, 0.4) is 0 Å². The second-order valence-electron chi connectivity index (χ2n) is 9.89. The Morgan fingerprint density at radius 3 is 2.32 bits per heavy atom. The fourth-order valence-corrected chi connectivity index (χ4v) is 5.86. The van der Waals surface area contributed by atoms with Crippen LogP contribution in [0.5, 0.6) is 0 Å². The Kier molecular flexibility index (Phi) is 13.5. The van der Waals surface area contributed by atoms with E-state index in [1.54, 1.807) is 38.4 Å². The number of nitrogens with zero attached hydrogens (tertiary/aromatic N) is 1. The zero-order valence-corrected chi connectivity index (χ0v) is 25.7. The van der Waals surface area contributed by atoms with Gasteiger partial charge in [0.15, 0.2) is 11.7 Å². The first-order valence-corrected chi connectivity index (χ1v) is 15.3. The molecule has 0 aliphatic rings. The standard InChI is InChI=1S/C27H36ClN7O8S/c1-35(2)21-9-3-7-17-16(21)6-4-10-22(17)44(42,43)34-20(11-12-24(38)39)26(41)32-14-23(37)33-19(25(40)18(28)15-36)8-5-13-31-27(29)30/h3-4,6-7,9-10,15,18-20,34H,5,8,11-14H2,1-2H3,(H,32,41)(H,33,37)(H,38,39)(H4,29,30,31)/t18?,19-,20-/m0/s1. The summed E-state index contributed by atoms with van der Waals surface area (Å²) in [6.45, 7) is -0.508. The molecule has 1 unspecified atom stereocenters. The van der Waals surface area contributed by atoms with Crippen molar-refractivity contribution >= 4 is 73.9 Å². The molecule has 2 aromatic rings. The summed E-state index contributed by atoms with van der Waals surface area (Å²) in [5.41, 5.74) is 5.97. The summed E-state index contributed by atoms with van der Waals surface area (Å²) in [6.07, 6.45) is -0.491. The molecule has 2 aromatic carbocycles. The smallest absolute Gasteiger partial charge is 0.303 e. The van der Waals surface area contributed by atoms with E-state index in [1.807, 2.05) is 11.0 Å². The first-order chi connectivity index (χ1) is 20.7. The van der Waals surface area contributed by atoms with Crippen LogP contribution in [0.2, 0.25) is 0 Å². The summed E-state index contributed by atoms with van der Waals surface area (Å²) in [6, 6.07) is 6.99. The lowest BCUT2D eigenvalue weighted by Gasteiger charge is -2.21. The minimum absolute atomic E-state index is 0.0253. The third kappa shape index (κ3) is 10.5. The number of nitrogens with two attached hydrogens (primary N) is 1. The predicted molar refractivity (Wildman–Crippen MR) is 164 cm³/mol. The molecule has 0 bridgehead atoms. The largest absolute Gasteiger partial charge is 0.481 e. The number of amides is 2. The number of carbonyl (C=O) groups is 5. The normalized spacial score (nSPS) is 13.2. The molecular weight excluding hydrogens is 618 g/mol. The lowest BCUT2D eigenvalue weighted by molar-refractivity contribution is -0.137. The number of alkyl halides is 1. The number of Topliss-reactive ketones (excluding diaryl/α,β-unsaturated/α-hetero) is 1. The van der Waals surface area contributed by atoms with Crippen molar-refractivity contribution in [3.05, 3.63) is 36.4 Å². The maximum atomic E-state index is 13.5. The van der Waals surface area contributed by atoms with E-state index in [-0.39, 0.29) is 36.5 Å². The number of carboxylic acid groups (broad SMARTS) is 1. The number of carbonyl (C=O) groups excluding carboxylic acids is 4. The third-order valence-electron chi connectivity index (χ3n) is 6.37. The van der Waals surface area contributed by atoms with Gasteiger partial charge in [-0.2, -0.15) is 4.72 Å². The number of sulfonamides is 1. The lowest BCUT2D eigenvalue weighted by atomic mass is 10.0. The number of ketones is 1. The number of rotatable bonds is 18. The van der Waals surface area contributed by atoms with Crippen LogP contribution in [0.25, 0.3) is 10.8 Å². The number of nitrogens with one attached hydrogen (secondary N) is 5. The highest BCUT2D eigenvalue weighted by Crippen LogP contribution is 2.30. The quantitative estimate of drug-likeness (QED) is 0.0274. The number of halogens is 1. The van der Waals surface area contributed by atoms with Gasteiger partial charge >= 0.3 is 5.97 Å². The molecular formula is C27H36ClN7O8S. The average Bonchev–Trinajstić information content (AvgIpc) is 2.97. The van der Waals surface area contributed by atoms with Crippen LogP contribution in [0.4, 0.5) is 5.69 Å². The topological polar surface area (TPSA) is 241 Å². The molecule has 0 aliphatic carbocycles. The summed E-state index contributed by atoms with van der Waals surface area (Å²) in [7, 11) is -0.762. The molecule has 240 valence electrons. The van der Waals surface area contributed by atoms with Gasteiger partial charge in [-0.15, -0.1) is 11.6 Å². The molecule has 0 aromatic heterocycles. The summed E-state index contributed by atoms with van der Waals surface area (Å²) in [4.78, 5) is 62.1. The highest BCUT2D eigenvalue weighted by Gasteiger charge is 2.29. The maximum absolute atomic E-state index is 13.5. The van der Waals surface area contributed by atoms with E-state index in [2.05, 4.69) is 20.7 Å². The number of fused-ring (bicyclic) bond motifs is 1. The van der Waals surface area contributed by atoms with E-state index >= 15 is 0 Å². The monoisotopic (exact) mass is 653 g/mol. The SMILES string of the molecule is CN(C)c1cccc2c(S(=O)(=O)N[C@@H](CCC(=O)O)C(=O)NCC(=O)N[C@@H](CCCNC(=N)N)C(=O)C(Cl)C=O)cccc12. The number of guanidine groups is 1. The Balaban J connectivity index is 2.20. The minimum atomic E-state index is -4.37. The average molecular weight is 654 g/mol. The molecule has 0 saturated heterocycles. The van der Waals surface area contributed by atoms with Crippen LogP contribution in [-0.4, -0.2) is 94.0 Å². The molecule has 0 saturated carbocycles. The second kappa shape index (κ2) is 16.5. The molecule has 17 heteroatoms. The van der Waals surface area contributed by atoms with Crippen molar-refractivity contribution < 1.29 is 37.5 Å². The number of hydrogen-bond acceptors (Lipinski definition) is 9. The Labute approximate surface area is 259 Å². The summed E-state index contributed by atoms with van der Waals surface area (Å²) < 4.78 is 29.2. The number of anilines is 1. The number of aldehydes is 1. The van der Waals surface area contributed by atoms with Crippen molar-refractivity contribution in [3.63, 3.8) is 0 Å². The van der Waals surface area contributed by atoms with Crippen LogP contribution < -0.4 is 31.3 Å². The highest BCUT2D eigenvalue weighted by atomic mass is 35.5. The van der Waals surface area contributed by atoms with E-state index < -0.39 is 70.4 Å². The molecule has 8 N–H and O–H groups in total. The Morgan fingerprint density at radius 1 is 1.05 bits per heavy atom. The zero-order valence-electron chi connectivity index (χ0n) is 24.1. The fourth-order valence-electron chi connectivity index (χ4n) is 4.26. The lowest BCUT2D eigenvalue weighted by Crippen LogP contribution is -2.51. The van der Waals surface area contributed by atoms with Crippen molar-refractivity contribution in [2.24, 2.45) is 5.73 Å². The van der Waals surface area contributed by atoms with Gasteiger partial charge < -0.3 is 36.5 Å². The minimum Gasteiger partial charge on any atom is -0.481 e. The van der Waals surface area contributed by atoms with Gasteiger partial charge in [0, 0.05) is 43.5 Å². The number of carboxylic acids is 1. The maximum Gasteiger partial charge on any atom is 0.303 e.